The van der Waals surface area contributed by atoms with Crippen molar-refractivity contribution in [2.45, 2.75) is 50.2 Å². The Bertz CT molecular complexity index is 1040. The van der Waals surface area contributed by atoms with Crippen molar-refractivity contribution in [2.75, 3.05) is 13.6 Å². The molecule has 0 radical (unpaired) electrons. The molecule has 1 amide bonds. The van der Waals surface area contributed by atoms with Crippen LogP contribution in [0.2, 0.25) is 0 Å². The van der Waals surface area contributed by atoms with Crippen molar-refractivity contribution >= 4 is 29.2 Å². The van der Waals surface area contributed by atoms with Gasteiger partial charge in [-0.25, -0.2) is 4.39 Å². The highest BCUT2D eigenvalue weighted by Crippen LogP contribution is 2.37. The van der Waals surface area contributed by atoms with Gasteiger partial charge in [-0.3, -0.25) is 4.79 Å². The zero-order valence-corrected chi connectivity index (χ0v) is 18.6. The molecule has 2 aliphatic heterocycles. The molecular weight excluding hydrogens is 413 g/mol. The second-order valence-electron chi connectivity index (χ2n) is 8.79. The maximum absolute atomic E-state index is 13.5. The average Bonchev–Trinajstić information content (AvgIpc) is 3.24. The number of aromatic amines is 1. The highest BCUT2D eigenvalue weighted by atomic mass is 35.5. The lowest BCUT2D eigenvalue weighted by Gasteiger charge is -2.42. The number of amides is 1. The molecule has 2 aromatic carbocycles. The van der Waals surface area contributed by atoms with E-state index in [1.165, 1.54) is 35.9 Å². The Labute approximate surface area is 188 Å². The first-order valence-corrected chi connectivity index (χ1v) is 10.9. The van der Waals surface area contributed by atoms with Crippen molar-refractivity contribution in [1.82, 2.24) is 14.8 Å². The predicted octanol–water partition coefficient (Wildman–Crippen LogP) is 5.04. The quantitative estimate of drug-likeness (QED) is 0.602. The molecule has 4 nitrogen and oxygen atoms in total. The number of benzene rings is 2. The van der Waals surface area contributed by atoms with Crippen LogP contribution >= 0.6 is 12.4 Å². The van der Waals surface area contributed by atoms with Gasteiger partial charge in [-0.05, 0) is 75.0 Å². The highest BCUT2D eigenvalue weighted by molar-refractivity contribution is 5.94. The first-order chi connectivity index (χ1) is 14.6. The lowest BCUT2D eigenvalue weighted by Crippen LogP contribution is -2.51. The molecule has 3 aromatic rings. The van der Waals surface area contributed by atoms with Crippen LogP contribution in [0.15, 0.2) is 54.7 Å². The van der Waals surface area contributed by atoms with Gasteiger partial charge in [-0.15, -0.1) is 12.4 Å². The highest BCUT2D eigenvalue weighted by Gasteiger charge is 2.41. The Morgan fingerprint density at radius 3 is 2.48 bits per heavy atom. The van der Waals surface area contributed by atoms with E-state index in [4.69, 9.17) is 0 Å². The Morgan fingerprint density at radius 1 is 1.10 bits per heavy atom. The molecule has 1 N–H and O–H groups in total. The van der Waals surface area contributed by atoms with Crippen molar-refractivity contribution in [3.8, 4) is 0 Å². The van der Waals surface area contributed by atoms with E-state index in [0.717, 1.165) is 24.8 Å². The summed E-state index contributed by atoms with van der Waals surface area (Å²) < 4.78 is 13.4. The van der Waals surface area contributed by atoms with Crippen LogP contribution in [0.3, 0.4) is 0 Å². The number of para-hydroxylation sites is 1. The van der Waals surface area contributed by atoms with Crippen LogP contribution < -0.4 is 0 Å². The fourth-order valence-corrected chi connectivity index (χ4v) is 5.42. The maximum Gasteiger partial charge on any atom is 0.254 e. The van der Waals surface area contributed by atoms with E-state index in [1.807, 2.05) is 6.07 Å². The number of H-pyrrole nitrogens is 1. The monoisotopic (exact) mass is 441 g/mol. The number of piperidine rings is 1. The molecule has 2 unspecified atom stereocenters. The lowest BCUT2D eigenvalue weighted by molar-refractivity contribution is 0.0488. The van der Waals surface area contributed by atoms with E-state index in [1.54, 1.807) is 12.1 Å². The minimum absolute atomic E-state index is 0. The second-order valence-corrected chi connectivity index (χ2v) is 8.79. The number of nitrogens with zero attached hydrogens (tertiary/aromatic N) is 2. The summed E-state index contributed by atoms with van der Waals surface area (Å²) in [5.74, 6) is -0.293. The Balaban J connectivity index is 0.00000231. The van der Waals surface area contributed by atoms with Gasteiger partial charge in [0.05, 0.1) is 0 Å². The zero-order valence-electron chi connectivity index (χ0n) is 17.8. The van der Waals surface area contributed by atoms with Gasteiger partial charge in [0.25, 0.3) is 5.91 Å². The summed E-state index contributed by atoms with van der Waals surface area (Å²) in [6, 6.07) is 15.6. The van der Waals surface area contributed by atoms with Gasteiger partial charge in [-0.2, -0.15) is 0 Å². The van der Waals surface area contributed by atoms with Gasteiger partial charge in [0.1, 0.15) is 5.82 Å². The summed E-state index contributed by atoms with van der Waals surface area (Å²) in [6.45, 7) is 0.672. The smallest absolute Gasteiger partial charge is 0.254 e. The third-order valence-corrected chi connectivity index (χ3v) is 7.16. The van der Waals surface area contributed by atoms with Crippen molar-refractivity contribution in [2.24, 2.45) is 0 Å². The largest absolute Gasteiger partial charge is 0.361 e. The predicted molar refractivity (Wildman–Crippen MR) is 124 cm³/mol. The molecule has 1 aromatic heterocycles. The minimum atomic E-state index is -0.311. The van der Waals surface area contributed by atoms with Crippen molar-refractivity contribution in [3.05, 3.63) is 71.7 Å². The van der Waals surface area contributed by atoms with Crippen LogP contribution in [-0.4, -0.2) is 52.4 Å². The number of halogens is 2. The molecule has 2 bridgehead atoms. The molecule has 0 spiro atoms. The summed E-state index contributed by atoms with van der Waals surface area (Å²) in [5, 5.41) is 1.22. The molecule has 2 fully saturated rings. The van der Waals surface area contributed by atoms with E-state index < -0.39 is 0 Å². The fraction of sp³-hybridized carbons (Fsp3) is 0.400. The standard InChI is InChI=1S/C25H28FN3O.ClH/c1-28-20-10-11-21(28)15-22(14-20)29(25(30)17-6-8-19(26)9-7-17)13-12-18-16-27-24-5-3-2-4-23(18)24;/h2-9,16,20-22,27H,10-15H2,1H3;1H. The number of hydrogen-bond donors (Lipinski definition) is 1. The molecule has 0 saturated carbocycles. The van der Waals surface area contributed by atoms with E-state index in [0.29, 0.717) is 24.2 Å². The topological polar surface area (TPSA) is 39.3 Å². The Hall–Kier alpha value is -2.37. The number of hydrogen-bond acceptors (Lipinski definition) is 2. The van der Waals surface area contributed by atoms with Gasteiger partial charge >= 0.3 is 0 Å². The molecule has 164 valence electrons. The van der Waals surface area contributed by atoms with Crippen molar-refractivity contribution in [3.63, 3.8) is 0 Å². The van der Waals surface area contributed by atoms with Gasteiger partial charge in [0, 0.05) is 47.3 Å². The van der Waals surface area contributed by atoms with Gasteiger partial charge in [0.15, 0.2) is 0 Å². The molecule has 31 heavy (non-hydrogen) atoms. The third kappa shape index (κ3) is 4.21. The van der Waals surface area contributed by atoms with Gasteiger partial charge < -0.3 is 14.8 Å². The average molecular weight is 442 g/mol. The normalized spacial score (nSPS) is 23.0. The fourth-order valence-electron chi connectivity index (χ4n) is 5.42. The molecular formula is C25H29ClFN3O. The van der Waals surface area contributed by atoms with Crippen LogP contribution in [-0.2, 0) is 6.42 Å². The van der Waals surface area contributed by atoms with Crippen molar-refractivity contribution in [1.29, 1.82) is 0 Å². The summed E-state index contributed by atoms with van der Waals surface area (Å²) in [7, 11) is 2.22. The first-order valence-electron chi connectivity index (χ1n) is 10.9. The molecule has 5 rings (SSSR count). The summed E-state index contributed by atoms with van der Waals surface area (Å²) in [6.07, 6.45) is 7.35. The van der Waals surface area contributed by atoms with Gasteiger partial charge in [-0.1, -0.05) is 18.2 Å². The SMILES string of the molecule is CN1C2CCC1CC(N(CCc1c[nH]c3ccccc13)C(=O)c1ccc(F)cc1)C2.Cl. The number of rotatable bonds is 5. The maximum atomic E-state index is 13.5. The number of fused-ring (bicyclic) bond motifs is 3. The summed E-state index contributed by atoms with van der Waals surface area (Å²) in [4.78, 5) is 21.4. The summed E-state index contributed by atoms with van der Waals surface area (Å²) in [5.41, 5.74) is 2.93. The van der Waals surface area contributed by atoms with Crippen LogP contribution in [0, 0.1) is 5.82 Å². The van der Waals surface area contributed by atoms with Crippen LogP contribution in [0.25, 0.3) is 10.9 Å². The number of carbonyl (C=O) groups excluding carboxylic acids is 1. The van der Waals surface area contributed by atoms with E-state index in [9.17, 15) is 9.18 Å². The Kier molecular flexibility index (Phi) is 6.35. The number of carbonyl (C=O) groups is 1. The third-order valence-electron chi connectivity index (χ3n) is 7.16. The summed E-state index contributed by atoms with van der Waals surface area (Å²) >= 11 is 0. The van der Waals surface area contributed by atoms with E-state index in [2.05, 4.69) is 46.2 Å². The molecule has 3 heterocycles. The minimum Gasteiger partial charge on any atom is -0.361 e. The van der Waals surface area contributed by atoms with Crippen LogP contribution in [0.4, 0.5) is 4.39 Å². The zero-order chi connectivity index (χ0) is 20.7. The number of nitrogens with one attached hydrogen (secondary N) is 1. The van der Waals surface area contributed by atoms with E-state index in [-0.39, 0.29) is 30.2 Å². The van der Waals surface area contributed by atoms with E-state index >= 15 is 0 Å². The number of aromatic nitrogens is 1. The Morgan fingerprint density at radius 2 is 1.77 bits per heavy atom. The van der Waals surface area contributed by atoms with Crippen molar-refractivity contribution < 1.29 is 9.18 Å². The van der Waals surface area contributed by atoms with Crippen LogP contribution in [0.5, 0.6) is 0 Å². The van der Waals surface area contributed by atoms with Gasteiger partial charge in [0.2, 0.25) is 0 Å². The molecule has 2 saturated heterocycles. The second kappa shape index (κ2) is 9.01. The molecule has 2 aliphatic rings. The van der Waals surface area contributed by atoms with Crippen LogP contribution in [0.1, 0.15) is 41.6 Å². The molecule has 0 aliphatic carbocycles. The lowest BCUT2D eigenvalue weighted by atomic mass is 9.95. The molecule has 2 atom stereocenters. The molecule has 6 heteroatoms. The first kappa shape index (κ1) is 21.8.